The SMILES string of the molecule is CSCC(N=C/C=C/c1ccccc1)C(=O)[O-].[K+]. The van der Waals surface area contributed by atoms with Crippen molar-refractivity contribution in [3.63, 3.8) is 0 Å². The topological polar surface area (TPSA) is 52.5 Å². The van der Waals surface area contributed by atoms with Crippen LogP contribution in [0.15, 0.2) is 41.4 Å². The molecule has 0 aliphatic rings. The van der Waals surface area contributed by atoms with Gasteiger partial charge in [-0.15, -0.1) is 0 Å². The molecule has 1 unspecified atom stereocenters. The third-order valence-electron chi connectivity index (χ3n) is 2.04. The average molecular weight is 287 g/mol. The van der Waals surface area contributed by atoms with E-state index in [1.165, 1.54) is 18.0 Å². The Kier molecular flexibility index (Phi) is 11.0. The van der Waals surface area contributed by atoms with Gasteiger partial charge in [-0.3, -0.25) is 4.99 Å². The second-order valence-electron chi connectivity index (χ2n) is 3.36. The molecule has 1 rings (SSSR count). The summed E-state index contributed by atoms with van der Waals surface area (Å²) in [4.78, 5) is 14.6. The van der Waals surface area contributed by atoms with Gasteiger partial charge in [-0.2, -0.15) is 11.8 Å². The van der Waals surface area contributed by atoms with Crippen LogP contribution < -0.4 is 56.5 Å². The van der Waals surface area contributed by atoms with Crippen LogP contribution in [0, 0.1) is 0 Å². The molecular weight excluding hydrogens is 273 g/mol. The minimum Gasteiger partial charge on any atom is -0.548 e. The molecule has 0 aliphatic heterocycles. The number of carboxylic acids is 1. The number of carboxylic acid groups (broad SMARTS) is 1. The number of hydrogen-bond donors (Lipinski definition) is 0. The molecule has 0 radical (unpaired) electrons. The number of benzene rings is 1. The summed E-state index contributed by atoms with van der Waals surface area (Å²) < 4.78 is 0. The van der Waals surface area contributed by atoms with E-state index in [0.717, 1.165) is 5.56 Å². The number of carbonyl (C=O) groups is 1. The molecule has 0 heterocycles. The summed E-state index contributed by atoms with van der Waals surface area (Å²) in [5, 5.41) is 10.7. The first-order valence-corrected chi connectivity index (χ1v) is 6.58. The van der Waals surface area contributed by atoms with E-state index in [1.54, 1.807) is 6.08 Å². The summed E-state index contributed by atoms with van der Waals surface area (Å²) in [6.07, 6.45) is 6.94. The van der Waals surface area contributed by atoms with Crippen LogP contribution in [-0.4, -0.2) is 30.2 Å². The maximum absolute atomic E-state index is 10.7. The number of carbonyl (C=O) groups excluding carboxylic acids is 1. The monoisotopic (exact) mass is 287 g/mol. The van der Waals surface area contributed by atoms with E-state index in [1.807, 2.05) is 42.7 Å². The van der Waals surface area contributed by atoms with Crippen LogP contribution in [0.5, 0.6) is 0 Å². The van der Waals surface area contributed by atoms with Crippen molar-refractivity contribution in [2.24, 2.45) is 4.99 Å². The summed E-state index contributed by atoms with van der Waals surface area (Å²) in [5.41, 5.74) is 1.05. The Balaban J connectivity index is 0.00000289. The zero-order chi connectivity index (χ0) is 12.5. The molecule has 0 spiro atoms. The smallest absolute Gasteiger partial charge is 0.548 e. The number of thioether (sulfide) groups is 1. The van der Waals surface area contributed by atoms with Gasteiger partial charge in [0.15, 0.2) is 0 Å². The summed E-state index contributed by atoms with van der Waals surface area (Å²) in [6.45, 7) is 0. The van der Waals surface area contributed by atoms with E-state index in [9.17, 15) is 9.90 Å². The average Bonchev–Trinajstić information content (AvgIpc) is 2.34. The van der Waals surface area contributed by atoms with Crippen LogP contribution in [0.4, 0.5) is 0 Å². The number of rotatable bonds is 6. The summed E-state index contributed by atoms with van der Waals surface area (Å²) in [7, 11) is 0. The van der Waals surface area contributed by atoms with Gasteiger partial charge in [-0.05, 0) is 17.9 Å². The van der Waals surface area contributed by atoms with Crippen molar-refractivity contribution >= 4 is 30.0 Å². The predicted octanol–water partition coefficient (Wildman–Crippen LogP) is -1.74. The molecule has 0 N–H and O–H groups in total. The summed E-state index contributed by atoms with van der Waals surface area (Å²) >= 11 is 1.43. The molecule has 90 valence electrons. The number of nitrogens with zero attached hydrogens (tertiary/aromatic N) is 1. The molecule has 3 nitrogen and oxygen atoms in total. The molecule has 1 atom stereocenters. The Bertz CT molecular complexity index is 407. The van der Waals surface area contributed by atoms with E-state index in [0.29, 0.717) is 5.75 Å². The second kappa shape index (κ2) is 11.0. The summed E-state index contributed by atoms with van der Waals surface area (Å²) in [5.74, 6) is -0.707. The largest absolute Gasteiger partial charge is 1.00 e. The molecular formula is C13H14KNO2S. The van der Waals surface area contributed by atoms with E-state index in [-0.39, 0.29) is 51.4 Å². The zero-order valence-corrected chi connectivity index (χ0v) is 14.5. The summed E-state index contributed by atoms with van der Waals surface area (Å²) in [6, 6.07) is 8.97. The molecule has 1 aromatic rings. The first-order valence-electron chi connectivity index (χ1n) is 5.18. The Morgan fingerprint density at radius 3 is 2.67 bits per heavy atom. The minimum atomic E-state index is -1.14. The van der Waals surface area contributed by atoms with Gasteiger partial charge in [-0.25, -0.2) is 0 Å². The van der Waals surface area contributed by atoms with E-state index in [4.69, 9.17) is 0 Å². The number of allylic oxidation sites excluding steroid dienone is 1. The Morgan fingerprint density at radius 2 is 2.11 bits per heavy atom. The first kappa shape index (κ1) is 18.1. The standard InChI is InChI=1S/C13H15NO2S.K/c1-17-10-12(13(15)16)14-9-5-8-11-6-3-2-4-7-11;/h2-9,12H,10H2,1H3,(H,15,16);/q;+1/p-1/b8-5+,14-9?;. The molecule has 0 fully saturated rings. The fraction of sp³-hybridized carbons (Fsp3) is 0.231. The quantitative estimate of drug-likeness (QED) is 0.461. The van der Waals surface area contributed by atoms with Gasteiger partial charge in [0, 0.05) is 12.0 Å². The Hall–Kier alpha value is 0.0864. The minimum absolute atomic E-state index is 0. The maximum Gasteiger partial charge on any atom is 1.00 e. The maximum atomic E-state index is 10.7. The van der Waals surface area contributed by atoms with Gasteiger partial charge in [0.05, 0.1) is 12.0 Å². The Labute approximate surface area is 154 Å². The predicted molar refractivity (Wildman–Crippen MR) is 71.1 cm³/mol. The molecule has 18 heavy (non-hydrogen) atoms. The zero-order valence-electron chi connectivity index (χ0n) is 10.6. The fourth-order valence-corrected chi connectivity index (χ4v) is 1.74. The Morgan fingerprint density at radius 1 is 1.44 bits per heavy atom. The third kappa shape index (κ3) is 7.51. The van der Waals surface area contributed by atoms with Crippen molar-refractivity contribution < 1.29 is 61.3 Å². The van der Waals surface area contributed by atoms with Gasteiger partial charge in [0.1, 0.15) is 0 Å². The third-order valence-corrected chi connectivity index (χ3v) is 2.69. The fourth-order valence-electron chi connectivity index (χ4n) is 1.20. The van der Waals surface area contributed by atoms with Gasteiger partial charge in [0.2, 0.25) is 0 Å². The normalized spacial score (nSPS) is 12.5. The molecule has 0 saturated carbocycles. The van der Waals surface area contributed by atoms with Crippen molar-refractivity contribution in [1.29, 1.82) is 0 Å². The molecule has 0 amide bonds. The van der Waals surface area contributed by atoms with Crippen LogP contribution in [-0.2, 0) is 4.79 Å². The molecule has 0 bridgehead atoms. The number of hydrogen-bond acceptors (Lipinski definition) is 4. The van der Waals surface area contributed by atoms with Crippen LogP contribution in [0.1, 0.15) is 5.56 Å². The first-order chi connectivity index (χ1) is 8.24. The molecule has 0 saturated heterocycles. The number of aliphatic imine (C=N–C) groups is 1. The van der Waals surface area contributed by atoms with E-state index >= 15 is 0 Å². The van der Waals surface area contributed by atoms with Gasteiger partial charge >= 0.3 is 51.4 Å². The van der Waals surface area contributed by atoms with E-state index < -0.39 is 12.0 Å². The van der Waals surface area contributed by atoms with Gasteiger partial charge in [-0.1, -0.05) is 36.4 Å². The molecule has 1 aromatic carbocycles. The molecule has 5 heteroatoms. The van der Waals surface area contributed by atoms with Crippen LogP contribution in [0.3, 0.4) is 0 Å². The second-order valence-corrected chi connectivity index (χ2v) is 4.27. The van der Waals surface area contributed by atoms with Crippen LogP contribution in [0.2, 0.25) is 0 Å². The van der Waals surface area contributed by atoms with Crippen molar-refractivity contribution in [3.8, 4) is 0 Å². The van der Waals surface area contributed by atoms with Gasteiger partial charge < -0.3 is 9.90 Å². The molecule has 0 aliphatic carbocycles. The van der Waals surface area contributed by atoms with Gasteiger partial charge in [0.25, 0.3) is 0 Å². The van der Waals surface area contributed by atoms with Crippen molar-refractivity contribution in [2.45, 2.75) is 6.04 Å². The van der Waals surface area contributed by atoms with Crippen molar-refractivity contribution in [2.75, 3.05) is 12.0 Å². The number of aliphatic carboxylic acids is 1. The van der Waals surface area contributed by atoms with Crippen LogP contribution >= 0.6 is 11.8 Å². The van der Waals surface area contributed by atoms with Crippen molar-refractivity contribution in [1.82, 2.24) is 0 Å². The van der Waals surface area contributed by atoms with Crippen molar-refractivity contribution in [3.05, 3.63) is 42.0 Å². The molecule has 0 aromatic heterocycles. The van der Waals surface area contributed by atoms with Crippen LogP contribution in [0.25, 0.3) is 6.08 Å². The van der Waals surface area contributed by atoms with E-state index in [2.05, 4.69) is 4.99 Å².